The number of hydrogen-bond acceptors (Lipinski definition) is 7. The Balaban J connectivity index is -0.0000000536. The van der Waals surface area contributed by atoms with E-state index in [1.165, 1.54) is 0 Å². The van der Waals surface area contributed by atoms with Gasteiger partial charge in [0.1, 0.15) is 12.1 Å². The number of carboxylic acid groups (broad SMARTS) is 3. The van der Waals surface area contributed by atoms with Gasteiger partial charge in [0.15, 0.2) is 5.96 Å². The molecule has 0 amide bonds. The summed E-state index contributed by atoms with van der Waals surface area (Å²) in [6.07, 6.45) is 0.956. The first-order chi connectivity index (χ1) is 10.6. The minimum Gasteiger partial charge on any atom is -0.481 e. The number of nitrogens with zero attached hydrogens (tertiary/aromatic N) is 1. The van der Waals surface area contributed by atoms with Crippen LogP contribution in [0.1, 0.15) is 12.8 Å². The van der Waals surface area contributed by atoms with Gasteiger partial charge >= 0.3 is 17.9 Å². The third-order valence-electron chi connectivity index (χ3n) is 2.12. The van der Waals surface area contributed by atoms with Crippen LogP contribution in [0.3, 0.4) is 0 Å². The van der Waals surface area contributed by atoms with Gasteiger partial charge in [0.2, 0.25) is 0 Å². The highest BCUT2D eigenvalue weighted by Crippen LogP contribution is 2.00. The van der Waals surface area contributed by atoms with E-state index in [1.807, 2.05) is 0 Å². The lowest BCUT2D eigenvalue weighted by molar-refractivity contribution is -0.139. The van der Waals surface area contributed by atoms with Crippen LogP contribution in [0, 0.1) is 0 Å². The molecule has 0 aliphatic carbocycles. The van der Waals surface area contributed by atoms with Crippen LogP contribution in [-0.2, 0) is 14.4 Å². The van der Waals surface area contributed by atoms with E-state index >= 15 is 0 Å². The molecule has 0 saturated heterocycles. The average molecular weight is 443 g/mol. The van der Waals surface area contributed by atoms with Crippen LogP contribution >= 0.6 is 11.8 Å². The number of rotatable bonds is 10. The Morgan fingerprint density at radius 2 is 1.29 bits per heavy atom. The summed E-state index contributed by atoms with van der Waals surface area (Å²) in [5, 5.41) is 24.8. The third kappa shape index (κ3) is 35.0. The van der Waals surface area contributed by atoms with Gasteiger partial charge in [-0.15, -0.1) is 11.8 Å². The maximum atomic E-state index is 10.2. The fourth-order valence-electron chi connectivity index (χ4n) is 0.987. The second-order valence-corrected chi connectivity index (χ2v) is 5.28. The third-order valence-corrected chi connectivity index (χ3v) is 3.17. The average Bonchev–Trinajstić information content (AvgIpc) is 2.43. The van der Waals surface area contributed by atoms with Crippen molar-refractivity contribution in [3.63, 3.8) is 0 Å². The minimum atomic E-state index is -1.11. The number of guanidine groups is 1. The van der Waals surface area contributed by atoms with E-state index in [9.17, 15) is 14.4 Å². The van der Waals surface area contributed by atoms with Crippen LogP contribution in [-0.4, -0.2) is 96.7 Å². The highest BCUT2D eigenvalue weighted by Gasteiger charge is 2.11. The molecule has 0 radical (unpaired) electrons. The number of aliphatic carboxylic acids is 3. The Hall–Kier alpha value is -2.25. The molecule has 21 N–H and O–H groups in total. The molecule has 0 aliphatic rings. The fraction of sp³-hybridized carbons (Fsp3) is 0.636. The monoisotopic (exact) mass is 443 g/mol. The first kappa shape index (κ1) is 44.9. The van der Waals surface area contributed by atoms with E-state index in [1.54, 1.807) is 0 Å². The van der Waals surface area contributed by atoms with Gasteiger partial charge in [0.25, 0.3) is 0 Å². The molecule has 0 spiro atoms. The molecule has 2 unspecified atom stereocenters. The maximum Gasteiger partial charge on any atom is 0.321 e. The lowest BCUT2D eigenvalue weighted by Crippen LogP contribution is -2.32. The van der Waals surface area contributed by atoms with E-state index in [2.05, 4.69) is 4.99 Å². The molecule has 0 aromatic carbocycles. The molecule has 0 fully saturated rings. The Morgan fingerprint density at radius 1 is 0.857 bits per heavy atom. The van der Waals surface area contributed by atoms with Crippen molar-refractivity contribution >= 4 is 35.6 Å². The molecule has 0 aliphatic heterocycles. The van der Waals surface area contributed by atoms with Crippen molar-refractivity contribution in [3.8, 4) is 0 Å². The summed E-state index contributed by atoms with van der Waals surface area (Å²) in [5.74, 6) is -3.04. The number of carboxylic acids is 3. The zero-order chi connectivity index (χ0) is 18.4. The summed E-state index contributed by atoms with van der Waals surface area (Å²) in [7, 11) is 0. The van der Waals surface area contributed by atoms with E-state index in [4.69, 9.17) is 38.3 Å². The summed E-state index contributed by atoms with van der Waals surface area (Å²) in [4.78, 5) is 33.9. The first-order valence-electron chi connectivity index (χ1n) is 6.39. The zero-order valence-electron chi connectivity index (χ0n) is 14.9. The summed E-state index contributed by atoms with van der Waals surface area (Å²) in [5.41, 5.74) is 20.4. The van der Waals surface area contributed by atoms with Gasteiger partial charge < -0.3 is 65.6 Å². The van der Waals surface area contributed by atoms with Crippen LogP contribution in [0.4, 0.5) is 0 Å². The van der Waals surface area contributed by atoms with Crippen molar-refractivity contribution in [3.05, 3.63) is 0 Å². The SMILES string of the molecule is NC(CSCC(=O)O)C(=O)O.NC(N)=NCCCC(N)C(=O)O.O.O.O.O.O. The van der Waals surface area contributed by atoms with E-state index < -0.39 is 30.0 Å². The number of hydrogen-bond donors (Lipinski definition) is 7. The lowest BCUT2D eigenvalue weighted by atomic mass is 10.2. The molecule has 16 nitrogen and oxygen atoms in total. The summed E-state index contributed by atoms with van der Waals surface area (Å²) < 4.78 is 0. The summed E-state index contributed by atoms with van der Waals surface area (Å²) in [6, 6.07) is -1.79. The van der Waals surface area contributed by atoms with Gasteiger partial charge in [0, 0.05) is 12.3 Å². The molecule has 28 heavy (non-hydrogen) atoms. The van der Waals surface area contributed by atoms with Crippen molar-refractivity contribution in [2.24, 2.45) is 27.9 Å². The van der Waals surface area contributed by atoms with Crippen LogP contribution in [0.2, 0.25) is 0 Å². The van der Waals surface area contributed by atoms with Crippen molar-refractivity contribution in [2.45, 2.75) is 24.9 Å². The first-order valence-corrected chi connectivity index (χ1v) is 7.55. The number of carbonyl (C=O) groups is 3. The van der Waals surface area contributed by atoms with Gasteiger partial charge in [-0.3, -0.25) is 19.4 Å². The van der Waals surface area contributed by atoms with Crippen LogP contribution < -0.4 is 22.9 Å². The normalized spacial score (nSPS) is 10.1. The standard InChI is InChI=1S/C6H14N4O2.C5H9NO4S.5H2O/c7-4(5(11)12)2-1-3-10-6(8)9;6-3(5(9)10)1-11-2-4(7)8;;;;;/h4H,1-3,7H2,(H,11,12)(H4,8,9,10);3H,1-2,6H2,(H,7,8)(H,9,10);5*1H2. The van der Waals surface area contributed by atoms with Gasteiger partial charge in [-0.05, 0) is 12.8 Å². The van der Waals surface area contributed by atoms with Gasteiger partial charge in [-0.25, -0.2) is 0 Å². The minimum absolute atomic E-state index is 0. The van der Waals surface area contributed by atoms with Crippen molar-refractivity contribution < 1.29 is 57.1 Å². The second-order valence-electron chi connectivity index (χ2n) is 4.25. The smallest absolute Gasteiger partial charge is 0.321 e. The van der Waals surface area contributed by atoms with E-state index in [0.29, 0.717) is 19.4 Å². The van der Waals surface area contributed by atoms with Crippen molar-refractivity contribution in [2.75, 3.05) is 18.1 Å². The zero-order valence-corrected chi connectivity index (χ0v) is 15.7. The Bertz CT molecular complexity index is 424. The molecule has 0 heterocycles. The highest BCUT2D eigenvalue weighted by molar-refractivity contribution is 8.00. The maximum absolute atomic E-state index is 10.2. The van der Waals surface area contributed by atoms with Crippen molar-refractivity contribution in [1.82, 2.24) is 0 Å². The molecule has 0 bridgehead atoms. The number of aliphatic imine (C=N–C) groups is 1. The molecule has 2 atom stereocenters. The van der Waals surface area contributed by atoms with E-state index in [-0.39, 0.29) is 44.8 Å². The highest BCUT2D eigenvalue weighted by atomic mass is 32.2. The second kappa shape index (κ2) is 27.0. The van der Waals surface area contributed by atoms with Gasteiger partial charge in [-0.1, -0.05) is 0 Å². The molecule has 0 aromatic rings. The molecular weight excluding hydrogens is 410 g/mol. The topological polar surface area (TPSA) is 386 Å². The van der Waals surface area contributed by atoms with Gasteiger partial charge in [0.05, 0.1) is 5.75 Å². The molecule has 0 saturated carbocycles. The van der Waals surface area contributed by atoms with Gasteiger partial charge in [-0.2, -0.15) is 0 Å². The number of nitrogens with two attached hydrogens (primary N) is 4. The van der Waals surface area contributed by atoms with Crippen LogP contribution in [0.25, 0.3) is 0 Å². The Labute approximate surface area is 164 Å². The molecular formula is C11H33N5O11S. The molecule has 174 valence electrons. The number of thioether (sulfide) groups is 1. The van der Waals surface area contributed by atoms with Crippen molar-refractivity contribution in [1.29, 1.82) is 0 Å². The Kier molecular flexibility index (Phi) is 43.2. The molecule has 17 heteroatoms. The predicted octanol–water partition coefficient (Wildman–Crippen LogP) is -6.46. The largest absolute Gasteiger partial charge is 0.481 e. The summed E-state index contributed by atoms with van der Waals surface area (Å²) in [6.45, 7) is 0.420. The molecule has 0 rings (SSSR count). The quantitative estimate of drug-likeness (QED) is 0.0944. The lowest BCUT2D eigenvalue weighted by Gasteiger charge is -2.03. The fourth-order valence-corrected chi connectivity index (χ4v) is 1.68. The van der Waals surface area contributed by atoms with Crippen LogP contribution in [0.15, 0.2) is 4.99 Å². The Morgan fingerprint density at radius 3 is 1.61 bits per heavy atom. The van der Waals surface area contributed by atoms with Crippen LogP contribution in [0.5, 0.6) is 0 Å². The summed E-state index contributed by atoms with van der Waals surface area (Å²) >= 11 is 0.992. The molecule has 0 aromatic heterocycles. The predicted molar refractivity (Wildman–Crippen MR) is 104 cm³/mol. The van der Waals surface area contributed by atoms with E-state index in [0.717, 1.165) is 11.8 Å².